The van der Waals surface area contributed by atoms with Crippen LogP contribution in [0.15, 0.2) is 52.6 Å². The first-order valence-corrected chi connectivity index (χ1v) is 16.7. The molecule has 10 nitrogen and oxygen atoms in total. The second-order valence-electron chi connectivity index (χ2n) is 12.5. The van der Waals surface area contributed by atoms with Crippen LogP contribution < -0.4 is 9.46 Å². The lowest BCUT2D eigenvalue weighted by Crippen LogP contribution is -2.51. The number of nitrogens with zero attached hydrogens (tertiary/aromatic N) is 3. The van der Waals surface area contributed by atoms with Gasteiger partial charge in [0.25, 0.3) is 5.91 Å². The van der Waals surface area contributed by atoms with Crippen LogP contribution in [0.2, 0.25) is 0 Å². The number of piperazine rings is 1. The predicted octanol–water partition coefficient (Wildman–Crippen LogP) is 3.67. The molecule has 1 aromatic carbocycles. The molecule has 7 rings (SSSR count). The zero-order valence-corrected chi connectivity index (χ0v) is 25.5. The smallest absolute Gasteiger partial charge is 0.307 e. The van der Waals surface area contributed by atoms with Crippen molar-refractivity contribution in [3.05, 3.63) is 63.9 Å². The van der Waals surface area contributed by atoms with Gasteiger partial charge in [0.1, 0.15) is 5.75 Å². The minimum absolute atomic E-state index is 0.314. The molecule has 1 unspecified atom stereocenters. The molecule has 228 valence electrons. The number of aromatic nitrogens is 1. The number of aliphatic carboxylic acids is 1. The Morgan fingerprint density at radius 1 is 1.07 bits per heavy atom. The van der Waals surface area contributed by atoms with Crippen molar-refractivity contribution in [1.29, 1.82) is 0 Å². The summed E-state index contributed by atoms with van der Waals surface area (Å²) in [5, 5.41) is 11.3. The quantitative estimate of drug-likeness (QED) is 0.515. The van der Waals surface area contributed by atoms with Gasteiger partial charge in [-0.25, -0.2) is 4.72 Å². The highest BCUT2D eigenvalue weighted by Crippen LogP contribution is 2.55. The third-order valence-corrected chi connectivity index (χ3v) is 11.5. The normalized spacial score (nSPS) is 24.8. The highest BCUT2D eigenvalue weighted by atomic mass is 32.2. The Morgan fingerprint density at radius 3 is 2.51 bits per heavy atom. The molecule has 1 saturated carbocycles. The van der Waals surface area contributed by atoms with Gasteiger partial charge in [0.05, 0.1) is 24.1 Å². The van der Waals surface area contributed by atoms with E-state index in [0.29, 0.717) is 56.2 Å². The van der Waals surface area contributed by atoms with Gasteiger partial charge >= 0.3 is 16.2 Å². The molecule has 2 fully saturated rings. The summed E-state index contributed by atoms with van der Waals surface area (Å²) in [6.45, 7) is 2.19. The highest BCUT2D eigenvalue weighted by Gasteiger charge is 2.48. The fourth-order valence-electron chi connectivity index (χ4n) is 7.77. The van der Waals surface area contributed by atoms with Gasteiger partial charge in [0.15, 0.2) is 0 Å². The molecule has 2 atom stereocenters. The summed E-state index contributed by atoms with van der Waals surface area (Å²) in [6, 6.07) is 6.25. The number of nitrogens with one attached hydrogen (secondary N) is 1. The molecule has 0 spiro atoms. The van der Waals surface area contributed by atoms with E-state index >= 15 is 0 Å². The summed E-state index contributed by atoms with van der Waals surface area (Å²) in [5.74, 6) is -1.60. The van der Waals surface area contributed by atoms with Crippen LogP contribution in [-0.4, -0.2) is 79.5 Å². The minimum Gasteiger partial charge on any atom is -0.496 e. The van der Waals surface area contributed by atoms with E-state index in [9.17, 15) is 23.1 Å². The second kappa shape index (κ2) is 10.6. The largest absolute Gasteiger partial charge is 0.496 e. The SMILES string of the molecule is COc1ccc(C2CCCCC2)c2c1cc1n2CC2=C(C(=O)NS(=O)(=O)N3CCN(C)CC3)C2=C2C=CC[C@@H](C(=O)O)C21. The molecule has 2 N–H and O–H groups in total. The Bertz CT molecular complexity index is 1720. The zero-order valence-electron chi connectivity index (χ0n) is 24.6. The lowest BCUT2D eigenvalue weighted by Gasteiger charge is -2.31. The van der Waals surface area contributed by atoms with Gasteiger partial charge in [0, 0.05) is 49.7 Å². The van der Waals surface area contributed by atoms with Crippen molar-refractivity contribution in [3.8, 4) is 5.75 Å². The number of benzene rings is 1. The molecule has 43 heavy (non-hydrogen) atoms. The van der Waals surface area contributed by atoms with Crippen LogP contribution in [0.5, 0.6) is 5.75 Å². The molecule has 3 aliphatic carbocycles. The van der Waals surface area contributed by atoms with Gasteiger partial charge in [0.2, 0.25) is 0 Å². The molecule has 0 bridgehead atoms. The lowest BCUT2D eigenvalue weighted by molar-refractivity contribution is -0.142. The molecule has 1 amide bonds. The van der Waals surface area contributed by atoms with E-state index in [1.165, 1.54) is 29.1 Å². The first-order chi connectivity index (χ1) is 20.7. The first kappa shape index (κ1) is 28.4. The van der Waals surface area contributed by atoms with E-state index in [1.54, 1.807) is 7.11 Å². The molecule has 0 radical (unpaired) electrons. The van der Waals surface area contributed by atoms with Crippen LogP contribution in [-0.2, 0) is 26.3 Å². The summed E-state index contributed by atoms with van der Waals surface area (Å²) in [7, 11) is -0.428. The number of carboxylic acids is 1. The van der Waals surface area contributed by atoms with E-state index in [2.05, 4.69) is 21.4 Å². The van der Waals surface area contributed by atoms with Crippen LogP contribution in [0.1, 0.15) is 61.6 Å². The van der Waals surface area contributed by atoms with Crippen LogP contribution >= 0.6 is 0 Å². The number of ether oxygens (including phenoxy) is 1. The van der Waals surface area contributed by atoms with Crippen molar-refractivity contribution < 1.29 is 27.9 Å². The summed E-state index contributed by atoms with van der Waals surface area (Å²) in [6.07, 6.45) is 9.94. The fourth-order valence-corrected chi connectivity index (χ4v) is 8.88. The van der Waals surface area contributed by atoms with E-state index in [-0.39, 0.29) is 0 Å². The monoisotopic (exact) mass is 606 g/mol. The number of amides is 1. The van der Waals surface area contributed by atoms with Crippen molar-refractivity contribution in [2.24, 2.45) is 5.92 Å². The average Bonchev–Trinajstić information content (AvgIpc) is 3.63. The standard InChI is InChI=1S/C32H38N4O6S/c1-34-13-15-35(16-14-34)43(40,41)33-31(37)29-24-18-36-25(27-21(28(24)29)9-6-10-22(27)32(38)39)17-23-26(42-2)12-11-20(30(23)36)19-7-4-3-5-8-19/h6,9,11-12,17,19,22,27H,3-5,7-8,10,13-16,18H2,1-2H3,(H,33,37)(H,38,39)/t22-,27?/m1/s1. The molecule has 2 aliphatic heterocycles. The maximum Gasteiger partial charge on any atom is 0.307 e. The number of carboxylic acid groups (broad SMARTS) is 1. The topological polar surface area (TPSA) is 121 Å². The average molecular weight is 607 g/mol. The number of hydrogen-bond acceptors (Lipinski definition) is 6. The van der Waals surface area contributed by atoms with Crippen molar-refractivity contribution in [2.45, 2.75) is 56.9 Å². The first-order valence-electron chi connectivity index (χ1n) is 15.3. The van der Waals surface area contributed by atoms with Crippen LogP contribution in [0.3, 0.4) is 0 Å². The molecule has 2 aromatic rings. The van der Waals surface area contributed by atoms with E-state index in [0.717, 1.165) is 46.3 Å². The summed E-state index contributed by atoms with van der Waals surface area (Å²) in [4.78, 5) is 28.3. The lowest BCUT2D eigenvalue weighted by atomic mass is 9.76. The summed E-state index contributed by atoms with van der Waals surface area (Å²) >= 11 is 0. The Labute approximate surface area is 251 Å². The number of carbonyl (C=O) groups is 2. The van der Waals surface area contributed by atoms with Crippen molar-refractivity contribution in [2.75, 3.05) is 40.3 Å². The third-order valence-electron chi connectivity index (χ3n) is 10.1. The van der Waals surface area contributed by atoms with Crippen molar-refractivity contribution in [1.82, 2.24) is 18.5 Å². The fraction of sp³-hybridized carbons (Fsp3) is 0.500. The van der Waals surface area contributed by atoms with Crippen LogP contribution in [0.25, 0.3) is 10.9 Å². The molecular formula is C32H38N4O6S. The number of likely N-dealkylation sites (N-methyl/N-ethyl adjacent to an activating group) is 1. The maximum absolute atomic E-state index is 13.6. The molecule has 5 aliphatic rings. The number of allylic oxidation sites excluding steroid dienone is 4. The molecule has 1 saturated heterocycles. The van der Waals surface area contributed by atoms with Gasteiger partial charge in [-0.05, 0) is 66.6 Å². The molecule has 11 heteroatoms. The second-order valence-corrected chi connectivity index (χ2v) is 14.2. The number of hydrogen-bond donors (Lipinski definition) is 2. The molecular weight excluding hydrogens is 568 g/mol. The third kappa shape index (κ3) is 4.72. The maximum atomic E-state index is 13.6. The Balaban J connectivity index is 1.35. The van der Waals surface area contributed by atoms with Gasteiger partial charge in [-0.2, -0.15) is 12.7 Å². The van der Waals surface area contributed by atoms with E-state index in [1.807, 2.05) is 30.2 Å². The molecule has 3 heterocycles. The van der Waals surface area contributed by atoms with Gasteiger partial charge in [-0.1, -0.05) is 37.5 Å². The van der Waals surface area contributed by atoms with Crippen LogP contribution in [0.4, 0.5) is 0 Å². The van der Waals surface area contributed by atoms with E-state index in [4.69, 9.17) is 4.74 Å². The summed E-state index contributed by atoms with van der Waals surface area (Å²) < 4.78 is 38.0. The zero-order chi connectivity index (χ0) is 30.0. The summed E-state index contributed by atoms with van der Waals surface area (Å²) in [5.41, 5.74) is 5.78. The Kier molecular flexibility index (Phi) is 7.02. The van der Waals surface area contributed by atoms with Crippen molar-refractivity contribution in [3.63, 3.8) is 0 Å². The van der Waals surface area contributed by atoms with Gasteiger partial charge in [-0.3, -0.25) is 9.59 Å². The number of rotatable bonds is 6. The van der Waals surface area contributed by atoms with Crippen LogP contribution in [0, 0.1) is 5.92 Å². The van der Waals surface area contributed by atoms with Gasteiger partial charge in [-0.15, -0.1) is 0 Å². The Hall–Kier alpha value is -3.41. The highest BCUT2D eigenvalue weighted by molar-refractivity contribution is 7.87. The predicted molar refractivity (Wildman–Crippen MR) is 162 cm³/mol. The number of fused-ring (bicyclic) bond motifs is 6. The van der Waals surface area contributed by atoms with Gasteiger partial charge < -0.3 is 19.3 Å². The van der Waals surface area contributed by atoms with Crippen molar-refractivity contribution >= 4 is 33.0 Å². The number of carbonyl (C=O) groups excluding carboxylic acids is 1. The minimum atomic E-state index is -4.02. The van der Waals surface area contributed by atoms with E-state index < -0.39 is 33.9 Å². The molecule has 1 aromatic heterocycles. The Morgan fingerprint density at radius 2 is 1.81 bits per heavy atom. The number of methoxy groups -OCH3 is 1.